The van der Waals surface area contributed by atoms with Crippen molar-refractivity contribution in [3.63, 3.8) is 0 Å². The number of anilines is 1. The number of rotatable bonds is 9. The van der Waals surface area contributed by atoms with Crippen LogP contribution in [0.1, 0.15) is 27.6 Å². The fraction of sp³-hybridized carbons (Fsp3) is 0.120. The monoisotopic (exact) mass is 548 g/mol. The summed E-state index contributed by atoms with van der Waals surface area (Å²) in [7, 11) is 1.68. The van der Waals surface area contributed by atoms with Gasteiger partial charge in [-0.05, 0) is 42.4 Å². The highest BCUT2D eigenvalue weighted by Crippen LogP contribution is 2.35. The number of nitrogens with one attached hydrogen (secondary N) is 1. The molecule has 198 valence electrons. The van der Waals surface area contributed by atoms with Gasteiger partial charge < -0.3 is 14.6 Å². The molecule has 1 N–H and O–H groups in total. The van der Waals surface area contributed by atoms with Crippen molar-refractivity contribution in [2.24, 2.45) is 7.05 Å². The van der Waals surface area contributed by atoms with Gasteiger partial charge in [-0.25, -0.2) is 4.79 Å². The van der Waals surface area contributed by atoms with Crippen LogP contribution in [0.5, 0.6) is 0 Å². The lowest BCUT2D eigenvalue weighted by Gasteiger charge is -2.18. The molecule has 13 nitrogen and oxygen atoms in total. The van der Waals surface area contributed by atoms with Crippen molar-refractivity contribution in [3.8, 4) is 0 Å². The summed E-state index contributed by atoms with van der Waals surface area (Å²) in [5.74, 6) is -1.85. The number of aryl methyl sites for hydroxylation is 2. The second-order valence-electron chi connectivity index (χ2n) is 8.23. The highest BCUT2D eigenvalue weighted by molar-refractivity contribution is 7.99. The molecule has 14 heteroatoms. The van der Waals surface area contributed by atoms with Crippen molar-refractivity contribution in [2.75, 3.05) is 5.32 Å². The molecule has 4 rings (SSSR count). The average molecular weight is 549 g/mol. The number of nitrogens with zero attached hydrogens (tertiary/aromatic N) is 5. The van der Waals surface area contributed by atoms with Crippen LogP contribution in [0.4, 0.5) is 17.1 Å². The Kier molecular flexibility index (Phi) is 7.96. The lowest BCUT2D eigenvalue weighted by molar-refractivity contribution is -0.387. The topological polar surface area (TPSA) is 172 Å². The van der Waals surface area contributed by atoms with Gasteiger partial charge in [0.25, 0.3) is 17.3 Å². The van der Waals surface area contributed by atoms with Crippen LogP contribution in [0.3, 0.4) is 0 Å². The van der Waals surface area contributed by atoms with Crippen molar-refractivity contribution in [3.05, 3.63) is 110 Å². The molecule has 0 bridgehead atoms. The minimum absolute atomic E-state index is 0.0756. The number of aromatic nitrogens is 3. The van der Waals surface area contributed by atoms with Gasteiger partial charge in [-0.3, -0.25) is 25.0 Å². The predicted molar refractivity (Wildman–Crippen MR) is 139 cm³/mol. The number of amides is 1. The van der Waals surface area contributed by atoms with Crippen LogP contribution in [0.25, 0.3) is 0 Å². The van der Waals surface area contributed by atoms with E-state index in [0.29, 0.717) is 16.3 Å². The van der Waals surface area contributed by atoms with E-state index in [1.807, 2.05) is 0 Å². The molecule has 0 saturated carbocycles. The van der Waals surface area contributed by atoms with Crippen LogP contribution in [0.2, 0.25) is 0 Å². The lowest BCUT2D eigenvalue weighted by atomic mass is 10.1. The second-order valence-corrected chi connectivity index (χ2v) is 9.24. The first-order chi connectivity index (χ1) is 18.6. The van der Waals surface area contributed by atoms with Crippen molar-refractivity contribution in [1.82, 2.24) is 14.8 Å². The Balaban J connectivity index is 1.62. The Morgan fingerprint density at radius 2 is 1.72 bits per heavy atom. The first-order valence-corrected chi connectivity index (χ1v) is 12.1. The molecule has 1 heterocycles. The number of hydrogen-bond acceptors (Lipinski definition) is 10. The number of carbonyl (C=O) groups is 2. The molecule has 0 fully saturated rings. The van der Waals surface area contributed by atoms with Gasteiger partial charge in [-0.2, -0.15) is 0 Å². The summed E-state index contributed by atoms with van der Waals surface area (Å²) in [4.78, 5) is 48.5. The van der Waals surface area contributed by atoms with Gasteiger partial charge in [0.05, 0.1) is 20.3 Å². The van der Waals surface area contributed by atoms with E-state index in [0.717, 1.165) is 17.8 Å². The Labute approximate surface area is 225 Å². The van der Waals surface area contributed by atoms with Crippen LogP contribution >= 0.6 is 11.8 Å². The molecule has 39 heavy (non-hydrogen) atoms. The third kappa shape index (κ3) is 6.24. The molecule has 0 aliphatic heterocycles. The molecule has 1 unspecified atom stereocenters. The minimum Gasteiger partial charge on any atom is -0.444 e. The summed E-state index contributed by atoms with van der Waals surface area (Å²) < 4.78 is 7.08. The number of ether oxygens (including phenoxy) is 1. The van der Waals surface area contributed by atoms with Crippen LogP contribution in [-0.4, -0.2) is 36.5 Å². The minimum atomic E-state index is -1.51. The summed E-state index contributed by atoms with van der Waals surface area (Å²) in [5, 5.41) is 33.7. The molecule has 4 aromatic rings. The van der Waals surface area contributed by atoms with Gasteiger partial charge in [0, 0.05) is 24.7 Å². The number of nitro benzene ring substituents is 2. The highest BCUT2D eigenvalue weighted by Gasteiger charge is 2.29. The smallest absolute Gasteiger partial charge is 0.339 e. The fourth-order valence-electron chi connectivity index (χ4n) is 3.51. The first-order valence-electron chi connectivity index (χ1n) is 11.3. The van der Waals surface area contributed by atoms with Crippen molar-refractivity contribution in [2.45, 2.75) is 23.1 Å². The van der Waals surface area contributed by atoms with Gasteiger partial charge >= 0.3 is 5.97 Å². The number of nitro groups is 2. The number of esters is 1. The number of hydrogen-bond donors (Lipinski definition) is 1. The largest absolute Gasteiger partial charge is 0.444 e. The molecule has 3 aromatic carbocycles. The van der Waals surface area contributed by atoms with E-state index >= 15 is 0 Å². The Morgan fingerprint density at radius 3 is 2.36 bits per heavy atom. The van der Waals surface area contributed by atoms with Crippen LogP contribution in [0, 0.1) is 27.2 Å². The summed E-state index contributed by atoms with van der Waals surface area (Å²) >= 11 is 0.994. The fourth-order valence-corrected chi connectivity index (χ4v) is 4.36. The van der Waals surface area contributed by atoms with Gasteiger partial charge in [-0.15, -0.1) is 10.2 Å². The van der Waals surface area contributed by atoms with Crippen molar-refractivity contribution < 1.29 is 24.2 Å². The van der Waals surface area contributed by atoms with E-state index in [1.165, 1.54) is 30.6 Å². The Hall–Kier alpha value is -5.11. The van der Waals surface area contributed by atoms with Crippen LogP contribution < -0.4 is 5.32 Å². The van der Waals surface area contributed by atoms with E-state index in [9.17, 15) is 29.8 Å². The molecule has 0 aliphatic rings. The summed E-state index contributed by atoms with van der Waals surface area (Å²) in [6.45, 7) is 1.67. The Bertz CT molecular complexity index is 1570. The van der Waals surface area contributed by atoms with E-state index in [1.54, 1.807) is 54.9 Å². The number of benzene rings is 3. The molecule has 1 atom stereocenters. The normalized spacial score (nSPS) is 11.4. The molecule has 0 saturated heterocycles. The van der Waals surface area contributed by atoms with Gasteiger partial charge in [0.1, 0.15) is 12.0 Å². The standard InChI is InChI=1S/C25H20N6O7S/c1-15-8-10-18(19(12-15)30(34)35)27-23(32)22(16-6-4-3-5-7-16)38-24(33)17-9-11-21(20(13-17)31(36)37)39-25-28-26-14-29(25)2/h3-14,22H,1-2H3,(H,27,32). The maximum Gasteiger partial charge on any atom is 0.339 e. The summed E-state index contributed by atoms with van der Waals surface area (Å²) in [5.41, 5.74) is -0.0239. The molecule has 0 aliphatic carbocycles. The van der Waals surface area contributed by atoms with E-state index in [-0.39, 0.29) is 27.5 Å². The van der Waals surface area contributed by atoms with E-state index in [4.69, 9.17) is 4.74 Å². The molecule has 0 radical (unpaired) electrons. The first kappa shape index (κ1) is 26.9. The lowest BCUT2D eigenvalue weighted by Crippen LogP contribution is -2.26. The molecular formula is C25H20N6O7S. The van der Waals surface area contributed by atoms with Gasteiger partial charge in [0.15, 0.2) is 5.16 Å². The maximum absolute atomic E-state index is 13.2. The summed E-state index contributed by atoms with van der Waals surface area (Å²) in [6.07, 6.45) is -0.0637. The number of carbonyl (C=O) groups excluding carboxylic acids is 2. The van der Waals surface area contributed by atoms with Gasteiger partial charge in [0.2, 0.25) is 6.10 Å². The molecule has 1 amide bonds. The average Bonchev–Trinajstić information content (AvgIpc) is 3.32. The quantitative estimate of drug-likeness (QED) is 0.176. The Morgan fingerprint density at radius 1 is 1.00 bits per heavy atom. The van der Waals surface area contributed by atoms with E-state index < -0.39 is 27.8 Å². The van der Waals surface area contributed by atoms with Crippen LogP contribution in [0.15, 0.2) is 83.1 Å². The van der Waals surface area contributed by atoms with Gasteiger partial charge in [-0.1, -0.05) is 36.4 Å². The third-order valence-electron chi connectivity index (χ3n) is 5.44. The van der Waals surface area contributed by atoms with Crippen molar-refractivity contribution >= 4 is 40.7 Å². The zero-order valence-electron chi connectivity index (χ0n) is 20.5. The highest BCUT2D eigenvalue weighted by atomic mass is 32.2. The predicted octanol–water partition coefficient (Wildman–Crippen LogP) is 4.63. The second kappa shape index (κ2) is 11.5. The molecule has 0 spiro atoms. The maximum atomic E-state index is 13.2. The summed E-state index contributed by atoms with van der Waals surface area (Å²) in [6, 6.07) is 16.1. The molecular weight excluding hydrogens is 528 g/mol. The third-order valence-corrected chi connectivity index (χ3v) is 6.55. The van der Waals surface area contributed by atoms with Crippen molar-refractivity contribution in [1.29, 1.82) is 0 Å². The van der Waals surface area contributed by atoms with E-state index in [2.05, 4.69) is 15.5 Å². The van der Waals surface area contributed by atoms with Crippen LogP contribution in [-0.2, 0) is 16.6 Å². The zero-order chi connectivity index (χ0) is 28.1. The zero-order valence-corrected chi connectivity index (χ0v) is 21.3. The SMILES string of the molecule is Cc1ccc(NC(=O)C(OC(=O)c2ccc(Sc3nncn3C)c([N+](=O)[O-])c2)c2ccccc2)c([N+](=O)[O-])c1. The molecule has 1 aromatic heterocycles.